The molecule has 1 aliphatic rings. The standard InChI is InChI=1S/C57H66F5N8O7P/c1-8-76-53(72)49(39(3)69(38-71)47-16-11-15-46(35-47)57(61,62)78)51(43-22-18-41(36-63)19-23-43)67(7)28-12-26-65(5)30-32-75-33-31-66(6)27-13-29-68-52(44-24-20-42(37-64)21-25-44)50(54(73)77-9-2)40(4)70(55(68)74)48-17-10-14-45(34-48)56(58,59)60/h10-11,14-25,34-35,38,51-52H,8-9,12-13,26-33,78H2,1-7H3/b49-39+/t51?,52-/m1/s1. The molecule has 0 saturated heterocycles. The number of halogens is 5. The number of hydrogen-bond acceptors (Lipinski definition) is 12. The lowest BCUT2D eigenvalue weighted by Crippen LogP contribution is -2.51. The van der Waals surface area contributed by atoms with Crippen LogP contribution in [0.15, 0.2) is 120 Å². The zero-order valence-corrected chi connectivity index (χ0v) is 46.0. The zero-order chi connectivity index (χ0) is 57.3. The number of urea groups is 1. The number of hydrogen-bond donors (Lipinski definition) is 0. The van der Waals surface area contributed by atoms with Crippen LogP contribution in [0.5, 0.6) is 0 Å². The molecule has 3 amide bonds. The number of carbonyl (C=O) groups is 4. The Morgan fingerprint density at radius 1 is 0.782 bits per heavy atom. The van der Waals surface area contributed by atoms with Crippen LogP contribution in [0.1, 0.15) is 86.0 Å². The molecule has 4 aromatic rings. The van der Waals surface area contributed by atoms with Gasteiger partial charge in [-0.1, -0.05) is 51.7 Å². The first-order valence-electron chi connectivity index (χ1n) is 25.3. The summed E-state index contributed by atoms with van der Waals surface area (Å²) in [5.41, 5.74) is -2.17. The van der Waals surface area contributed by atoms with Gasteiger partial charge in [0, 0.05) is 42.3 Å². The fourth-order valence-electron chi connectivity index (χ4n) is 9.13. The topological polar surface area (TPSA) is 163 Å². The third-order valence-electron chi connectivity index (χ3n) is 13.2. The lowest BCUT2D eigenvalue weighted by Gasteiger charge is -2.43. The number of esters is 2. The van der Waals surface area contributed by atoms with Crippen LogP contribution in [-0.4, -0.2) is 131 Å². The molecule has 5 rings (SSSR count). The van der Waals surface area contributed by atoms with Crippen molar-refractivity contribution < 1.29 is 55.3 Å². The average molecular weight is 1100 g/mol. The molecule has 3 atom stereocenters. The van der Waals surface area contributed by atoms with Crippen molar-refractivity contribution >= 4 is 45.0 Å². The monoisotopic (exact) mass is 1100 g/mol. The van der Waals surface area contributed by atoms with Crippen molar-refractivity contribution in [2.24, 2.45) is 0 Å². The van der Waals surface area contributed by atoms with Crippen LogP contribution in [-0.2, 0) is 40.4 Å². The van der Waals surface area contributed by atoms with E-state index in [0.29, 0.717) is 87.4 Å². The smallest absolute Gasteiger partial charge is 0.416 e. The van der Waals surface area contributed by atoms with Crippen LogP contribution in [0.2, 0.25) is 0 Å². The van der Waals surface area contributed by atoms with Gasteiger partial charge in [0.05, 0.1) is 84.2 Å². The van der Waals surface area contributed by atoms with Crippen molar-refractivity contribution in [2.75, 3.05) is 96.6 Å². The van der Waals surface area contributed by atoms with Gasteiger partial charge in [0.15, 0.2) is 0 Å². The first-order chi connectivity index (χ1) is 37.1. The fraction of sp³-hybridized carbons (Fsp3) is 0.404. The number of carbonyl (C=O) groups excluding carboxylic acids is 4. The van der Waals surface area contributed by atoms with Crippen molar-refractivity contribution in [2.45, 2.75) is 64.5 Å². The molecule has 15 nitrogen and oxygen atoms in total. The van der Waals surface area contributed by atoms with Crippen LogP contribution in [0.25, 0.3) is 0 Å². The van der Waals surface area contributed by atoms with E-state index in [9.17, 15) is 51.7 Å². The molecule has 0 radical (unpaired) electrons. The molecule has 2 unspecified atom stereocenters. The van der Waals surface area contributed by atoms with E-state index in [1.807, 2.05) is 30.9 Å². The Morgan fingerprint density at radius 3 is 1.92 bits per heavy atom. The summed E-state index contributed by atoms with van der Waals surface area (Å²) in [6, 6.07) is 24.5. The Bertz CT molecular complexity index is 2870. The fourth-order valence-corrected chi connectivity index (χ4v) is 9.31. The molecule has 4 aromatic carbocycles. The largest absolute Gasteiger partial charge is 0.463 e. The normalized spacial score (nSPS) is 14.8. The first kappa shape index (κ1) is 61.8. The summed E-state index contributed by atoms with van der Waals surface area (Å²) in [6.07, 6.45) is -3.20. The minimum Gasteiger partial charge on any atom is -0.463 e. The van der Waals surface area contributed by atoms with Crippen molar-refractivity contribution in [3.63, 3.8) is 0 Å². The van der Waals surface area contributed by atoms with E-state index in [0.717, 1.165) is 21.9 Å². The maximum Gasteiger partial charge on any atom is 0.416 e. The highest BCUT2D eigenvalue weighted by Crippen LogP contribution is 2.42. The Kier molecular flexibility index (Phi) is 22.6. The molecule has 1 aliphatic heterocycles. The molecular weight excluding hydrogens is 1030 g/mol. The highest BCUT2D eigenvalue weighted by atomic mass is 31.0. The molecular formula is C57H66F5N8O7P. The Morgan fingerprint density at radius 2 is 1.36 bits per heavy atom. The van der Waals surface area contributed by atoms with E-state index < -0.39 is 47.5 Å². The number of likely N-dealkylation sites (N-methyl/N-ethyl adjacent to an activating group) is 3. The number of nitriles is 2. The average Bonchev–Trinajstić information content (AvgIpc) is 3.45. The predicted octanol–water partition coefficient (Wildman–Crippen LogP) is 10.0. The quantitative estimate of drug-likeness (QED) is 0.0139. The van der Waals surface area contributed by atoms with Crippen LogP contribution in [0, 0.1) is 22.7 Å². The predicted molar refractivity (Wildman–Crippen MR) is 289 cm³/mol. The molecule has 0 fully saturated rings. The maximum atomic E-state index is 14.6. The van der Waals surface area contributed by atoms with E-state index in [-0.39, 0.29) is 59.2 Å². The lowest BCUT2D eigenvalue weighted by molar-refractivity contribution is -0.140. The molecule has 0 saturated carbocycles. The lowest BCUT2D eigenvalue weighted by atomic mass is 9.92. The molecule has 0 aliphatic carbocycles. The van der Waals surface area contributed by atoms with Crippen molar-refractivity contribution in [1.29, 1.82) is 10.5 Å². The third kappa shape index (κ3) is 16.0. The number of benzene rings is 4. The van der Waals surface area contributed by atoms with Gasteiger partial charge in [-0.2, -0.15) is 32.5 Å². The van der Waals surface area contributed by atoms with Crippen LogP contribution in [0.3, 0.4) is 0 Å². The molecule has 416 valence electrons. The van der Waals surface area contributed by atoms with E-state index in [1.165, 1.54) is 57.5 Å². The summed E-state index contributed by atoms with van der Waals surface area (Å²) < 4.78 is 87.5. The molecule has 21 heteroatoms. The Balaban J connectivity index is 1.22. The molecule has 0 spiro atoms. The molecule has 0 aromatic heterocycles. The van der Waals surface area contributed by atoms with Gasteiger partial charge in [-0.25, -0.2) is 14.4 Å². The zero-order valence-electron chi connectivity index (χ0n) is 44.9. The number of anilines is 2. The van der Waals surface area contributed by atoms with Crippen molar-refractivity contribution in [1.82, 2.24) is 19.6 Å². The number of alkyl halides is 5. The number of nitrogens with zero attached hydrogens (tertiary/aromatic N) is 8. The second-order valence-electron chi connectivity index (χ2n) is 18.6. The summed E-state index contributed by atoms with van der Waals surface area (Å²) >= 11 is 0. The second kappa shape index (κ2) is 28.5. The van der Waals surface area contributed by atoms with Gasteiger partial charge in [0.2, 0.25) is 6.41 Å². The van der Waals surface area contributed by atoms with Gasteiger partial charge >= 0.3 is 24.1 Å². The van der Waals surface area contributed by atoms with Crippen LogP contribution in [0.4, 0.5) is 38.1 Å². The molecule has 78 heavy (non-hydrogen) atoms. The van der Waals surface area contributed by atoms with Crippen molar-refractivity contribution in [3.05, 3.63) is 153 Å². The third-order valence-corrected chi connectivity index (χ3v) is 13.5. The second-order valence-corrected chi connectivity index (χ2v) is 19.4. The van der Waals surface area contributed by atoms with E-state index in [1.54, 1.807) is 69.3 Å². The van der Waals surface area contributed by atoms with E-state index in [4.69, 9.17) is 14.2 Å². The highest BCUT2D eigenvalue weighted by Gasteiger charge is 2.43. The molecule has 0 bridgehead atoms. The van der Waals surface area contributed by atoms with E-state index in [2.05, 4.69) is 17.0 Å². The summed E-state index contributed by atoms with van der Waals surface area (Å²) in [6.45, 7) is 9.90. The highest BCUT2D eigenvalue weighted by molar-refractivity contribution is 7.17. The summed E-state index contributed by atoms with van der Waals surface area (Å²) in [5, 5.41) is 19.0. The number of rotatable bonds is 27. The van der Waals surface area contributed by atoms with Gasteiger partial charge in [-0.15, -0.1) is 0 Å². The summed E-state index contributed by atoms with van der Waals surface area (Å²) in [7, 11) is 7.14. The van der Waals surface area contributed by atoms with Gasteiger partial charge in [0.1, 0.15) is 0 Å². The van der Waals surface area contributed by atoms with Gasteiger partial charge in [0.25, 0.3) is 5.66 Å². The maximum absolute atomic E-state index is 14.6. The van der Waals surface area contributed by atoms with Crippen molar-refractivity contribution in [3.8, 4) is 12.1 Å². The SMILES string of the molecule is CCOC(=O)C1=C(C)N(c2cccc(C(F)(F)F)c2)C(=O)N(CCCN(C)CCOCCN(C)CCCN(C)C(/C(C(=O)OCC)=C(/C)N(C=O)c2cccc(C(F)(F)P)c2)c2ccc(C#N)cc2)[C@@H]1c1ccc(C#N)cc1. The molecule has 1 heterocycles. The van der Waals surface area contributed by atoms with Gasteiger partial charge in [-0.3, -0.25) is 19.5 Å². The number of allylic oxidation sites excluding steroid dienone is 2. The van der Waals surface area contributed by atoms with Crippen LogP contribution < -0.4 is 9.80 Å². The minimum atomic E-state index is -4.69. The van der Waals surface area contributed by atoms with Gasteiger partial charge < -0.3 is 28.9 Å². The molecule has 0 N–H and O–H groups in total. The number of ether oxygens (including phenoxy) is 3. The summed E-state index contributed by atoms with van der Waals surface area (Å²) in [4.78, 5) is 64.7. The minimum absolute atomic E-state index is 0.00710. The Hall–Kier alpha value is -7.06. The number of amides is 3. The summed E-state index contributed by atoms with van der Waals surface area (Å²) in [5.74, 6) is -1.44. The Labute approximate surface area is 455 Å². The van der Waals surface area contributed by atoms with Gasteiger partial charge in [-0.05, 0) is 147 Å². The first-order valence-corrected chi connectivity index (χ1v) is 25.9. The van der Waals surface area contributed by atoms with Crippen LogP contribution >= 0.6 is 9.24 Å². The van der Waals surface area contributed by atoms with E-state index >= 15 is 0 Å².